The number of ether oxygens (including phenoxy) is 3. The highest BCUT2D eigenvalue weighted by atomic mass is 35.5. The first-order chi connectivity index (χ1) is 21.0. The van der Waals surface area contributed by atoms with Gasteiger partial charge in [0.25, 0.3) is 0 Å². The lowest BCUT2D eigenvalue weighted by atomic mass is 9.99. The average Bonchev–Trinajstić information content (AvgIpc) is 3.01. The van der Waals surface area contributed by atoms with Crippen molar-refractivity contribution in [3.8, 4) is 6.07 Å². The third kappa shape index (κ3) is 6.22. The Labute approximate surface area is 255 Å². The fraction of sp³-hybridized carbons (Fsp3) is 0.429. The maximum atomic E-state index is 13.2. The number of pyridine rings is 1. The molecule has 6 atom stereocenters. The van der Waals surface area contributed by atoms with Crippen LogP contribution in [0.4, 0.5) is 11.5 Å². The molecule has 16 heteroatoms. The van der Waals surface area contributed by atoms with E-state index in [4.69, 9.17) is 30.8 Å². The molecule has 2 aliphatic heterocycles. The molecule has 0 spiro atoms. The number of aliphatic hydroxyl groups is 3. The average molecular weight is 629 g/mol. The smallest absolute Gasteiger partial charge is 0.361 e. The Bertz CT molecular complexity index is 1630. The molecule has 4 heterocycles. The largest absolute Gasteiger partial charge is 0.479 e. The Kier molecular flexibility index (Phi) is 9.11. The number of aromatic nitrogens is 3. The Balaban J connectivity index is 1.46. The number of anilines is 2. The van der Waals surface area contributed by atoms with Crippen molar-refractivity contribution in [2.45, 2.75) is 50.6 Å². The summed E-state index contributed by atoms with van der Waals surface area (Å²) in [5.41, 5.74) is 2.63. The number of carbonyl (C=O) groups is 2. The van der Waals surface area contributed by atoms with Gasteiger partial charge in [0.2, 0.25) is 6.29 Å². The zero-order valence-corrected chi connectivity index (χ0v) is 24.3. The summed E-state index contributed by atoms with van der Waals surface area (Å²) in [5.74, 6) is -2.34. The second-order valence-electron chi connectivity index (χ2n) is 10.4. The number of nitrogens with one attached hydrogen (secondary N) is 1. The molecule has 2 saturated heterocycles. The number of halogens is 1. The van der Waals surface area contributed by atoms with Crippen molar-refractivity contribution < 1.29 is 44.2 Å². The van der Waals surface area contributed by atoms with Crippen molar-refractivity contribution in [2.75, 3.05) is 36.5 Å². The number of carboxylic acid groups (broad SMARTS) is 1. The molecule has 0 saturated carbocycles. The van der Waals surface area contributed by atoms with Crippen LogP contribution in [-0.4, -0.2) is 104 Å². The number of aliphatic hydroxyl groups excluding tert-OH is 3. The van der Waals surface area contributed by atoms with Crippen LogP contribution in [0.1, 0.15) is 40.3 Å². The molecule has 2 aromatic heterocycles. The number of nitriles is 1. The van der Waals surface area contributed by atoms with E-state index in [9.17, 15) is 35.3 Å². The summed E-state index contributed by atoms with van der Waals surface area (Å²) in [6, 6.07) is 8.25. The van der Waals surface area contributed by atoms with Gasteiger partial charge in [-0.15, -0.1) is 0 Å². The van der Waals surface area contributed by atoms with E-state index in [1.807, 2.05) is 30.9 Å². The number of morpholine rings is 1. The molecule has 232 valence electrons. The van der Waals surface area contributed by atoms with Gasteiger partial charge in [0.05, 0.1) is 36.0 Å². The number of fused-ring (bicyclic) bond motifs is 1. The van der Waals surface area contributed by atoms with Crippen LogP contribution in [0.3, 0.4) is 0 Å². The van der Waals surface area contributed by atoms with E-state index in [0.717, 1.165) is 5.56 Å². The summed E-state index contributed by atoms with van der Waals surface area (Å²) in [7, 11) is 0. The Morgan fingerprint density at radius 1 is 1.14 bits per heavy atom. The normalized spacial score (nSPS) is 24.4. The summed E-state index contributed by atoms with van der Waals surface area (Å²) in [6.45, 7) is 5.77. The number of nitrogens with zero attached hydrogens (tertiary/aromatic N) is 5. The van der Waals surface area contributed by atoms with Crippen LogP contribution < -0.4 is 10.2 Å². The third-order valence-electron chi connectivity index (χ3n) is 7.27. The fourth-order valence-corrected chi connectivity index (χ4v) is 5.20. The van der Waals surface area contributed by atoms with Gasteiger partial charge in [0, 0.05) is 18.7 Å². The molecule has 2 fully saturated rings. The van der Waals surface area contributed by atoms with E-state index in [2.05, 4.69) is 21.4 Å². The number of carboxylic acids is 1. The summed E-state index contributed by atoms with van der Waals surface area (Å²) >= 11 is 6.08. The second-order valence-corrected chi connectivity index (χ2v) is 10.8. The van der Waals surface area contributed by atoms with Gasteiger partial charge in [-0.1, -0.05) is 17.7 Å². The Morgan fingerprint density at radius 2 is 1.86 bits per heavy atom. The maximum Gasteiger partial charge on any atom is 0.361 e. The van der Waals surface area contributed by atoms with Gasteiger partial charge in [-0.05, 0) is 37.6 Å². The number of esters is 1. The van der Waals surface area contributed by atoms with Crippen LogP contribution >= 0.6 is 11.6 Å². The Hall–Kier alpha value is -4.17. The molecule has 2 aliphatic rings. The lowest BCUT2D eigenvalue weighted by Crippen LogP contribution is -2.60. The molecule has 1 unspecified atom stereocenters. The van der Waals surface area contributed by atoms with Crippen molar-refractivity contribution in [3.63, 3.8) is 0 Å². The number of hydrogen-bond donors (Lipinski definition) is 5. The zero-order valence-electron chi connectivity index (χ0n) is 23.5. The van der Waals surface area contributed by atoms with Gasteiger partial charge in [0.15, 0.2) is 23.3 Å². The van der Waals surface area contributed by atoms with Crippen molar-refractivity contribution in [1.82, 2.24) is 15.0 Å². The van der Waals surface area contributed by atoms with E-state index in [1.54, 1.807) is 0 Å². The van der Waals surface area contributed by atoms with Gasteiger partial charge >= 0.3 is 11.9 Å². The standard InChI is InChI=1S/C28H29ClN6O9/c1-12-9-14(19-16(10-12)32-17(11-30)25(34-19)35-5-7-42-8-6-35)13(2)31-15-3-4-18(29)33-20(15)27(41)44-28-23(38)21(36)22(37)24(43-28)26(39)40/h3-4,9-10,13,21-24,28,31,36-38H,5-8H2,1-2H3,(H,39,40)/t13-,21+,22+,23-,24+,28?/m1/s1. The van der Waals surface area contributed by atoms with E-state index in [0.29, 0.717) is 48.7 Å². The topological polar surface area (TPSA) is 220 Å². The molecule has 0 aliphatic carbocycles. The third-order valence-corrected chi connectivity index (χ3v) is 7.48. The van der Waals surface area contributed by atoms with Crippen LogP contribution in [0.5, 0.6) is 0 Å². The summed E-state index contributed by atoms with van der Waals surface area (Å²) < 4.78 is 15.7. The van der Waals surface area contributed by atoms with E-state index in [-0.39, 0.29) is 22.2 Å². The second kappa shape index (κ2) is 12.8. The first-order valence-electron chi connectivity index (χ1n) is 13.6. The van der Waals surface area contributed by atoms with Gasteiger partial charge < -0.3 is 44.9 Å². The van der Waals surface area contributed by atoms with Gasteiger partial charge in [0.1, 0.15) is 29.5 Å². The van der Waals surface area contributed by atoms with Crippen molar-refractivity contribution in [1.29, 1.82) is 5.26 Å². The molecule has 0 radical (unpaired) electrons. The number of benzene rings is 1. The maximum absolute atomic E-state index is 13.2. The molecule has 0 amide bonds. The monoisotopic (exact) mass is 628 g/mol. The fourth-order valence-electron chi connectivity index (χ4n) is 5.05. The lowest BCUT2D eigenvalue weighted by molar-refractivity contribution is -0.278. The Morgan fingerprint density at radius 3 is 2.55 bits per heavy atom. The molecule has 5 rings (SSSR count). The predicted molar refractivity (Wildman–Crippen MR) is 153 cm³/mol. The minimum Gasteiger partial charge on any atom is -0.479 e. The molecule has 15 nitrogen and oxygen atoms in total. The lowest BCUT2D eigenvalue weighted by Gasteiger charge is -2.37. The van der Waals surface area contributed by atoms with Gasteiger partial charge in [-0.25, -0.2) is 24.5 Å². The number of rotatable bonds is 7. The molecular formula is C28H29ClN6O9. The quantitative estimate of drug-likeness (QED) is 0.181. The SMILES string of the molecule is Cc1cc([C@@H](C)Nc2ccc(Cl)nc2C(=O)OC2O[C@H](C(=O)O)[C@@H](O)[C@H](O)[C@H]2O)c2nc(N3CCOCC3)c(C#N)nc2c1. The molecular weight excluding hydrogens is 600 g/mol. The predicted octanol–water partition coefficient (Wildman–Crippen LogP) is 0.917. The number of aliphatic carboxylic acids is 1. The van der Waals surface area contributed by atoms with Crippen molar-refractivity contribution >= 4 is 46.1 Å². The van der Waals surface area contributed by atoms with Gasteiger partial charge in [-0.3, -0.25) is 0 Å². The van der Waals surface area contributed by atoms with E-state index >= 15 is 0 Å². The number of hydrogen-bond acceptors (Lipinski definition) is 14. The summed E-state index contributed by atoms with van der Waals surface area (Å²) in [5, 5.41) is 52.5. The number of aryl methyl sites for hydroxylation is 1. The molecule has 44 heavy (non-hydrogen) atoms. The van der Waals surface area contributed by atoms with Crippen LogP contribution in [0, 0.1) is 18.3 Å². The summed E-state index contributed by atoms with van der Waals surface area (Å²) in [6.07, 6.45) is -9.77. The molecule has 3 aromatic rings. The zero-order chi connectivity index (χ0) is 31.7. The van der Waals surface area contributed by atoms with Crippen molar-refractivity contribution in [3.05, 3.63) is 51.9 Å². The minimum atomic E-state index is -1.97. The first-order valence-corrected chi connectivity index (χ1v) is 14.0. The van der Waals surface area contributed by atoms with Gasteiger partial charge in [-0.2, -0.15) is 5.26 Å². The summed E-state index contributed by atoms with van der Waals surface area (Å²) in [4.78, 5) is 40.1. The molecule has 0 bridgehead atoms. The first kappa shape index (κ1) is 31.3. The number of carbonyl (C=O) groups excluding carboxylic acids is 1. The molecule has 1 aromatic carbocycles. The van der Waals surface area contributed by atoms with E-state index in [1.165, 1.54) is 12.1 Å². The van der Waals surface area contributed by atoms with Crippen LogP contribution in [-0.2, 0) is 19.0 Å². The molecule has 5 N–H and O–H groups in total. The highest BCUT2D eigenvalue weighted by molar-refractivity contribution is 6.29. The van der Waals surface area contributed by atoms with Crippen LogP contribution in [0.25, 0.3) is 11.0 Å². The highest BCUT2D eigenvalue weighted by Crippen LogP contribution is 2.31. The van der Waals surface area contributed by atoms with E-state index < -0.39 is 48.7 Å². The van der Waals surface area contributed by atoms with Crippen molar-refractivity contribution in [2.24, 2.45) is 0 Å². The minimum absolute atomic E-state index is 0.0646. The highest BCUT2D eigenvalue weighted by Gasteiger charge is 2.48. The van der Waals surface area contributed by atoms with Crippen LogP contribution in [0.15, 0.2) is 24.3 Å². The van der Waals surface area contributed by atoms with Crippen LogP contribution in [0.2, 0.25) is 5.15 Å².